The summed E-state index contributed by atoms with van der Waals surface area (Å²) in [6.45, 7) is 7.10. The molecule has 2 N–H and O–H groups in total. The topological polar surface area (TPSA) is 46.3 Å². The molecule has 0 aliphatic carbocycles. The van der Waals surface area contributed by atoms with Gasteiger partial charge in [-0.1, -0.05) is 20.3 Å². The first-order valence-corrected chi connectivity index (χ1v) is 7.15. The molecule has 0 bridgehead atoms. The number of hydrogen-bond acceptors (Lipinski definition) is 2. The minimum Gasteiger partial charge on any atom is -0.342 e. The van der Waals surface area contributed by atoms with Gasteiger partial charge < -0.3 is 10.6 Å². The van der Waals surface area contributed by atoms with Gasteiger partial charge in [-0.05, 0) is 44.1 Å². The van der Waals surface area contributed by atoms with Gasteiger partial charge in [0.1, 0.15) is 0 Å². The second-order valence-corrected chi connectivity index (χ2v) is 5.48. The molecule has 2 unspecified atom stereocenters. The molecule has 1 amide bonds. The summed E-state index contributed by atoms with van der Waals surface area (Å²) in [5, 5.41) is 0. The Labute approximate surface area is 106 Å². The van der Waals surface area contributed by atoms with Crippen LogP contribution in [0.2, 0.25) is 0 Å². The highest BCUT2D eigenvalue weighted by atomic mass is 16.2. The second-order valence-electron chi connectivity index (χ2n) is 5.48. The first-order chi connectivity index (χ1) is 8.17. The summed E-state index contributed by atoms with van der Waals surface area (Å²) in [6, 6.07) is 0. The van der Waals surface area contributed by atoms with Crippen LogP contribution in [0.1, 0.15) is 52.4 Å². The van der Waals surface area contributed by atoms with Gasteiger partial charge >= 0.3 is 0 Å². The largest absolute Gasteiger partial charge is 0.342 e. The molecule has 100 valence electrons. The van der Waals surface area contributed by atoms with Crippen LogP contribution in [0, 0.1) is 11.8 Å². The zero-order valence-electron chi connectivity index (χ0n) is 11.5. The molecule has 2 atom stereocenters. The van der Waals surface area contributed by atoms with Crippen molar-refractivity contribution in [2.45, 2.75) is 52.4 Å². The van der Waals surface area contributed by atoms with Crippen molar-refractivity contribution >= 4 is 5.91 Å². The minimum absolute atomic E-state index is 0.354. The van der Waals surface area contributed by atoms with Crippen molar-refractivity contribution in [2.75, 3.05) is 19.6 Å². The summed E-state index contributed by atoms with van der Waals surface area (Å²) in [5.74, 6) is 1.66. The Morgan fingerprint density at radius 3 is 2.88 bits per heavy atom. The number of carbonyl (C=O) groups is 1. The average molecular weight is 240 g/mol. The third kappa shape index (κ3) is 5.07. The Hall–Kier alpha value is -0.570. The van der Waals surface area contributed by atoms with Crippen molar-refractivity contribution < 1.29 is 4.79 Å². The lowest BCUT2D eigenvalue weighted by Gasteiger charge is -2.32. The summed E-state index contributed by atoms with van der Waals surface area (Å²) in [7, 11) is 0. The lowest BCUT2D eigenvalue weighted by atomic mass is 9.95. The van der Waals surface area contributed by atoms with Crippen LogP contribution in [0.4, 0.5) is 0 Å². The van der Waals surface area contributed by atoms with Gasteiger partial charge in [-0.3, -0.25) is 4.79 Å². The number of hydrogen-bond donors (Lipinski definition) is 1. The molecule has 1 rings (SSSR count). The third-order valence-electron chi connectivity index (χ3n) is 3.96. The van der Waals surface area contributed by atoms with Gasteiger partial charge in [0.2, 0.25) is 5.91 Å². The summed E-state index contributed by atoms with van der Waals surface area (Å²) < 4.78 is 0. The van der Waals surface area contributed by atoms with Crippen LogP contribution in [0.5, 0.6) is 0 Å². The molecule has 1 aliphatic heterocycles. The molecule has 0 aromatic heterocycles. The molecular formula is C14H28N2O. The maximum atomic E-state index is 12.1. The summed E-state index contributed by atoms with van der Waals surface area (Å²) >= 11 is 0. The lowest BCUT2D eigenvalue weighted by Crippen LogP contribution is -2.39. The first-order valence-electron chi connectivity index (χ1n) is 7.15. The fraction of sp³-hybridized carbons (Fsp3) is 0.929. The molecule has 17 heavy (non-hydrogen) atoms. The highest BCUT2D eigenvalue weighted by molar-refractivity contribution is 5.76. The van der Waals surface area contributed by atoms with E-state index in [0.29, 0.717) is 18.2 Å². The monoisotopic (exact) mass is 240 g/mol. The van der Waals surface area contributed by atoms with Gasteiger partial charge in [-0.15, -0.1) is 0 Å². The fourth-order valence-electron chi connectivity index (χ4n) is 2.58. The molecule has 1 fully saturated rings. The molecule has 0 radical (unpaired) electrons. The van der Waals surface area contributed by atoms with Crippen LogP contribution in [-0.2, 0) is 4.79 Å². The molecule has 0 saturated carbocycles. The SMILES string of the molecule is CCC1CCCN(C(=O)CCC(C)CCN)C1. The van der Waals surface area contributed by atoms with Crippen molar-refractivity contribution in [3.05, 3.63) is 0 Å². The minimum atomic E-state index is 0.354. The third-order valence-corrected chi connectivity index (χ3v) is 3.96. The predicted octanol–water partition coefficient (Wildman–Crippen LogP) is 2.40. The van der Waals surface area contributed by atoms with E-state index in [1.165, 1.54) is 19.3 Å². The second kappa shape index (κ2) is 7.70. The fourth-order valence-corrected chi connectivity index (χ4v) is 2.58. The van der Waals surface area contributed by atoms with E-state index in [4.69, 9.17) is 5.73 Å². The number of piperidine rings is 1. The molecule has 3 nitrogen and oxygen atoms in total. The zero-order chi connectivity index (χ0) is 12.7. The molecular weight excluding hydrogens is 212 g/mol. The lowest BCUT2D eigenvalue weighted by molar-refractivity contribution is -0.133. The van der Waals surface area contributed by atoms with Gasteiger partial charge in [0.05, 0.1) is 0 Å². The predicted molar refractivity (Wildman–Crippen MR) is 71.7 cm³/mol. The average Bonchev–Trinajstić information content (AvgIpc) is 2.36. The van der Waals surface area contributed by atoms with E-state index in [2.05, 4.69) is 18.7 Å². The van der Waals surface area contributed by atoms with Crippen molar-refractivity contribution in [3.8, 4) is 0 Å². The smallest absolute Gasteiger partial charge is 0.222 e. The summed E-state index contributed by atoms with van der Waals surface area (Å²) in [4.78, 5) is 14.1. The highest BCUT2D eigenvalue weighted by Gasteiger charge is 2.22. The number of likely N-dealkylation sites (tertiary alicyclic amines) is 1. The van der Waals surface area contributed by atoms with Gasteiger partial charge in [-0.2, -0.15) is 0 Å². The number of nitrogens with zero attached hydrogens (tertiary/aromatic N) is 1. The van der Waals surface area contributed by atoms with E-state index in [-0.39, 0.29) is 0 Å². The molecule has 1 saturated heterocycles. The molecule has 0 aromatic rings. The molecule has 3 heteroatoms. The van der Waals surface area contributed by atoms with Crippen LogP contribution in [0.15, 0.2) is 0 Å². The molecule has 1 heterocycles. The van der Waals surface area contributed by atoms with E-state index >= 15 is 0 Å². The Kier molecular flexibility index (Phi) is 6.56. The maximum Gasteiger partial charge on any atom is 0.222 e. The van der Waals surface area contributed by atoms with Crippen LogP contribution in [0.25, 0.3) is 0 Å². The number of rotatable bonds is 6. The first kappa shape index (κ1) is 14.5. The van der Waals surface area contributed by atoms with E-state index in [9.17, 15) is 4.79 Å². The summed E-state index contributed by atoms with van der Waals surface area (Å²) in [5.41, 5.74) is 5.52. The van der Waals surface area contributed by atoms with E-state index in [1.54, 1.807) is 0 Å². The van der Waals surface area contributed by atoms with Crippen LogP contribution >= 0.6 is 0 Å². The van der Waals surface area contributed by atoms with Crippen molar-refractivity contribution in [3.63, 3.8) is 0 Å². The Balaban J connectivity index is 2.27. The van der Waals surface area contributed by atoms with Crippen molar-refractivity contribution in [2.24, 2.45) is 17.6 Å². The molecule has 1 aliphatic rings. The van der Waals surface area contributed by atoms with Crippen molar-refractivity contribution in [1.29, 1.82) is 0 Å². The number of carbonyl (C=O) groups excluding carboxylic acids is 1. The van der Waals surface area contributed by atoms with Crippen LogP contribution < -0.4 is 5.73 Å². The maximum absolute atomic E-state index is 12.1. The number of amides is 1. The van der Waals surface area contributed by atoms with Gasteiger partial charge in [-0.25, -0.2) is 0 Å². The Morgan fingerprint density at radius 2 is 2.24 bits per heavy atom. The van der Waals surface area contributed by atoms with Crippen LogP contribution in [0.3, 0.4) is 0 Å². The number of nitrogens with two attached hydrogens (primary N) is 1. The van der Waals surface area contributed by atoms with Crippen LogP contribution in [-0.4, -0.2) is 30.4 Å². The van der Waals surface area contributed by atoms with E-state index < -0.39 is 0 Å². The van der Waals surface area contributed by atoms with Gasteiger partial charge in [0.25, 0.3) is 0 Å². The highest BCUT2D eigenvalue weighted by Crippen LogP contribution is 2.20. The summed E-state index contributed by atoms with van der Waals surface area (Å²) in [6.07, 6.45) is 6.41. The molecule has 0 aromatic carbocycles. The molecule has 0 spiro atoms. The standard InChI is InChI=1S/C14H28N2O/c1-3-13-5-4-10-16(11-13)14(17)7-6-12(2)8-9-15/h12-13H,3-11,15H2,1-2H3. The van der Waals surface area contributed by atoms with E-state index in [1.807, 2.05) is 0 Å². The van der Waals surface area contributed by atoms with Gasteiger partial charge in [0, 0.05) is 19.5 Å². The normalized spacial score (nSPS) is 22.5. The van der Waals surface area contributed by atoms with Gasteiger partial charge in [0.15, 0.2) is 0 Å². The quantitative estimate of drug-likeness (QED) is 0.775. The zero-order valence-corrected chi connectivity index (χ0v) is 11.5. The van der Waals surface area contributed by atoms with E-state index in [0.717, 1.165) is 38.4 Å². The Morgan fingerprint density at radius 1 is 1.47 bits per heavy atom. The Bertz CT molecular complexity index is 230. The van der Waals surface area contributed by atoms with Crippen molar-refractivity contribution in [1.82, 2.24) is 4.90 Å².